The molecule has 0 unspecified atom stereocenters. The topological polar surface area (TPSA) is 43.1 Å². The lowest BCUT2D eigenvalue weighted by atomic mass is 10.00. The molecule has 0 amide bonds. The highest BCUT2D eigenvalue weighted by atomic mass is 15.0. The summed E-state index contributed by atoms with van der Waals surface area (Å²) in [6.45, 7) is 0. The van der Waals surface area contributed by atoms with Gasteiger partial charge in [0.2, 0.25) is 0 Å². The SMILES string of the molecule is c1ccc(-c2ccc(-c3nc(-c4ccc(-c5ccccc5)cc4)nc(-c4cccc(-c5ccc6c(c5)c5cccc7c8ccccc8n6c75)c4)n3)cc2)cc1. The molecule has 11 rings (SSSR count). The number of hydrogen-bond acceptors (Lipinski definition) is 3. The van der Waals surface area contributed by atoms with E-state index in [4.69, 9.17) is 15.0 Å². The van der Waals surface area contributed by atoms with Crippen LogP contribution in [0.3, 0.4) is 0 Å². The van der Waals surface area contributed by atoms with Gasteiger partial charge in [0.1, 0.15) is 0 Å². The maximum absolute atomic E-state index is 5.11. The van der Waals surface area contributed by atoms with Crippen molar-refractivity contribution < 1.29 is 0 Å². The number of fused-ring (bicyclic) bond motifs is 6. The Hall–Kier alpha value is -7.43. The summed E-state index contributed by atoms with van der Waals surface area (Å²) < 4.78 is 2.42. The largest absolute Gasteiger partial charge is 0.308 e. The molecule has 11 aromatic rings. The van der Waals surface area contributed by atoms with Crippen molar-refractivity contribution in [1.29, 1.82) is 0 Å². The summed E-state index contributed by atoms with van der Waals surface area (Å²) in [5, 5.41) is 5.10. The Morgan fingerprint density at radius 2 is 0.655 bits per heavy atom. The predicted octanol–water partition coefficient (Wildman–Crippen LogP) is 13.0. The first-order valence-electron chi connectivity index (χ1n) is 18.6. The van der Waals surface area contributed by atoms with Crippen LogP contribution in [0.1, 0.15) is 0 Å². The van der Waals surface area contributed by atoms with Crippen molar-refractivity contribution in [2.75, 3.05) is 0 Å². The normalized spacial score (nSPS) is 11.6. The van der Waals surface area contributed by atoms with E-state index in [0.29, 0.717) is 17.5 Å². The third-order valence-corrected chi connectivity index (χ3v) is 10.8. The Morgan fingerprint density at radius 1 is 0.255 bits per heavy atom. The molecule has 0 aliphatic carbocycles. The molecule has 55 heavy (non-hydrogen) atoms. The van der Waals surface area contributed by atoms with Crippen LogP contribution >= 0.6 is 0 Å². The lowest BCUT2D eigenvalue weighted by molar-refractivity contribution is 1.07. The number of para-hydroxylation sites is 2. The minimum Gasteiger partial charge on any atom is -0.308 e. The smallest absolute Gasteiger partial charge is 0.164 e. The van der Waals surface area contributed by atoms with Crippen LogP contribution in [0.4, 0.5) is 0 Å². The van der Waals surface area contributed by atoms with Gasteiger partial charge in [0, 0.05) is 38.2 Å². The fourth-order valence-electron chi connectivity index (χ4n) is 8.10. The van der Waals surface area contributed by atoms with Gasteiger partial charge in [0.05, 0.1) is 16.6 Å². The van der Waals surface area contributed by atoms with Gasteiger partial charge in [-0.3, -0.25) is 0 Å². The van der Waals surface area contributed by atoms with Gasteiger partial charge >= 0.3 is 0 Å². The molecule has 0 bridgehead atoms. The van der Waals surface area contributed by atoms with Crippen LogP contribution in [0.15, 0.2) is 194 Å². The molecule has 4 heteroatoms. The van der Waals surface area contributed by atoms with E-state index in [9.17, 15) is 0 Å². The third kappa shape index (κ3) is 5.26. The molecule has 256 valence electrons. The van der Waals surface area contributed by atoms with Crippen molar-refractivity contribution >= 4 is 38.1 Å². The van der Waals surface area contributed by atoms with Gasteiger partial charge in [-0.1, -0.05) is 170 Å². The monoisotopic (exact) mass is 700 g/mol. The van der Waals surface area contributed by atoms with Gasteiger partial charge in [-0.15, -0.1) is 0 Å². The first-order valence-corrected chi connectivity index (χ1v) is 18.6. The van der Waals surface area contributed by atoms with Crippen LogP contribution in [0.5, 0.6) is 0 Å². The van der Waals surface area contributed by atoms with E-state index < -0.39 is 0 Å². The van der Waals surface area contributed by atoms with E-state index in [1.165, 1.54) is 49.2 Å². The molecule has 0 saturated heterocycles. The Bertz CT molecular complexity index is 3060. The van der Waals surface area contributed by atoms with Crippen molar-refractivity contribution in [2.45, 2.75) is 0 Å². The molecule has 0 spiro atoms. The molecule has 0 aliphatic heterocycles. The lowest BCUT2D eigenvalue weighted by Gasteiger charge is -2.11. The summed E-state index contributed by atoms with van der Waals surface area (Å²) >= 11 is 0. The molecule has 3 aromatic heterocycles. The summed E-state index contributed by atoms with van der Waals surface area (Å²) in [6, 6.07) is 68.5. The minimum absolute atomic E-state index is 0.634. The molecule has 0 N–H and O–H groups in total. The molecular weight excluding hydrogens is 669 g/mol. The van der Waals surface area contributed by atoms with E-state index in [1.54, 1.807) is 0 Å². The minimum atomic E-state index is 0.634. The fraction of sp³-hybridized carbons (Fsp3) is 0. The van der Waals surface area contributed by atoms with Crippen molar-refractivity contribution in [3.63, 3.8) is 0 Å². The van der Waals surface area contributed by atoms with Gasteiger partial charge in [0.25, 0.3) is 0 Å². The number of nitrogens with zero attached hydrogens (tertiary/aromatic N) is 4. The number of aromatic nitrogens is 4. The Balaban J connectivity index is 1.02. The molecule has 0 fully saturated rings. The maximum Gasteiger partial charge on any atom is 0.164 e. The zero-order valence-corrected chi connectivity index (χ0v) is 29.8. The summed E-state index contributed by atoms with van der Waals surface area (Å²) in [5.41, 5.74) is 13.4. The fourth-order valence-corrected chi connectivity index (χ4v) is 8.10. The molecular formula is C51H32N4. The van der Waals surface area contributed by atoms with E-state index in [2.05, 4.69) is 186 Å². The Labute approximate surface area is 318 Å². The average molecular weight is 701 g/mol. The molecule has 0 atom stereocenters. The second-order valence-electron chi connectivity index (χ2n) is 14.1. The lowest BCUT2D eigenvalue weighted by Crippen LogP contribution is -2.00. The van der Waals surface area contributed by atoms with Crippen molar-refractivity contribution in [2.24, 2.45) is 0 Å². The molecule has 8 aromatic carbocycles. The average Bonchev–Trinajstić information content (AvgIpc) is 3.79. The van der Waals surface area contributed by atoms with Gasteiger partial charge in [-0.25, -0.2) is 15.0 Å². The summed E-state index contributed by atoms with van der Waals surface area (Å²) in [7, 11) is 0. The molecule has 3 heterocycles. The standard InChI is InChI=1S/C51H32N4/c1-3-11-33(12-4-1)35-21-25-37(26-22-35)49-52-50(38-27-23-36(24-28-38)34-13-5-2-6-14-34)54-51(53-49)41-16-9-15-39(31-41)40-29-30-47-45(32-40)44-19-10-18-43-42-17-7-8-20-46(42)55(47)48(43)44/h1-32H. The van der Waals surface area contributed by atoms with E-state index in [-0.39, 0.29) is 0 Å². The van der Waals surface area contributed by atoms with E-state index in [0.717, 1.165) is 38.9 Å². The zero-order valence-electron chi connectivity index (χ0n) is 29.8. The van der Waals surface area contributed by atoms with Crippen molar-refractivity contribution in [1.82, 2.24) is 19.4 Å². The summed E-state index contributed by atoms with van der Waals surface area (Å²) in [5.74, 6) is 1.91. The number of rotatable bonds is 6. The van der Waals surface area contributed by atoms with Gasteiger partial charge in [-0.2, -0.15) is 0 Å². The summed E-state index contributed by atoms with van der Waals surface area (Å²) in [6.07, 6.45) is 0. The molecule has 0 saturated carbocycles. The number of benzene rings is 8. The highest BCUT2D eigenvalue weighted by Gasteiger charge is 2.18. The molecule has 0 aliphatic rings. The van der Waals surface area contributed by atoms with Crippen LogP contribution in [-0.4, -0.2) is 19.4 Å². The maximum atomic E-state index is 5.11. The van der Waals surface area contributed by atoms with Crippen LogP contribution in [-0.2, 0) is 0 Å². The van der Waals surface area contributed by atoms with Crippen molar-refractivity contribution in [3.05, 3.63) is 194 Å². The zero-order chi connectivity index (χ0) is 36.3. The van der Waals surface area contributed by atoms with Crippen molar-refractivity contribution in [3.8, 4) is 67.5 Å². The quantitative estimate of drug-likeness (QED) is 0.173. The van der Waals surface area contributed by atoms with Gasteiger partial charge in [-0.05, 0) is 57.6 Å². The van der Waals surface area contributed by atoms with Gasteiger partial charge in [0.15, 0.2) is 17.5 Å². The predicted molar refractivity (Wildman–Crippen MR) is 227 cm³/mol. The van der Waals surface area contributed by atoms with Crippen LogP contribution < -0.4 is 0 Å². The Kier molecular flexibility index (Phi) is 7.14. The van der Waals surface area contributed by atoms with E-state index >= 15 is 0 Å². The second kappa shape index (κ2) is 12.6. The van der Waals surface area contributed by atoms with Crippen LogP contribution in [0, 0.1) is 0 Å². The highest BCUT2D eigenvalue weighted by molar-refractivity contribution is 6.23. The van der Waals surface area contributed by atoms with E-state index in [1.807, 2.05) is 12.1 Å². The number of hydrogen-bond donors (Lipinski definition) is 0. The van der Waals surface area contributed by atoms with Crippen LogP contribution in [0.2, 0.25) is 0 Å². The van der Waals surface area contributed by atoms with Gasteiger partial charge < -0.3 is 4.40 Å². The first kappa shape index (κ1) is 31.1. The highest BCUT2D eigenvalue weighted by Crippen LogP contribution is 2.40. The molecule has 4 nitrogen and oxygen atoms in total. The second-order valence-corrected chi connectivity index (χ2v) is 14.1. The van der Waals surface area contributed by atoms with Crippen LogP contribution in [0.25, 0.3) is 106 Å². The first-order chi connectivity index (χ1) is 27.2. The third-order valence-electron chi connectivity index (χ3n) is 10.8. The Morgan fingerprint density at radius 3 is 1.29 bits per heavy atom. The summed E-state index contributed by atoms with van der Waals surface area (Å²) in [4.78, 5) is 15.3. The molecule has 0 radical (unpaired) electrons.